The van der Waals surface area contributed by atoms with E-state index in [1.54, 1.807) is 0 Å². The molecule has 0 fully saturated rings. The van der Waals surface area contributed by atoms with Crippen molar-refractivity contribution in [2.75, 3.05) is 0 Å². The largest absolute Gasteiger partial charge is 0.309 e. The highest BCUT2D eigenvalue weighted by molar-refractivity contribution is 9.10. The van der Waals surface area contributed by atoms with Gasteiger partial charge >= 0.3 is 0 Å². The van der Waals surface area contributed by atoms with Gasteiger partial charge in [-0.15, -0.1) is 0 Å². The summed E-state index contributed by atoms with van der Waals surface area (Å²) in [5.41, 5.74) is 13.3. The maximum absolute atomic E-state index is 3.59. The third-order valence-electron chi connectivity index (χ3n) is 8.50. The van der Waals surface area contributed by atoms with E-state index in [4.69, 9.17) is 0 Å². The van der Waals surface area contributed by atoms with Crippen LogP contribution in [0.3, 0.4) is 0 Å². The summed E-state index contributed by atoms with van der Waals surface area (Å²) in [7, 11) is 0. The normalized spacial score (nSPS) is 11.3. The van der Waals surface area contributed by atoms with Crippen LogP contribution in [-0.4, -0.2) is 4.57 Å². The van der Waals surface area contributed by atoms with Gasteiger partial charge in [0.2, 0.25) is 0 Å². The molecule has 2 heteroatoms. The Labute approximate surface area is 265 Å². The molecule has 0 aliphatic rings. The molecule has 0 radical (unpaired) electrons. The molecule has 0 spiro atoms. The molecular weight excluding hydrogens is 598 g/mol. The van der Waals surface area contributed by atoms with E-state index in [1.807, 2.05) is 0 Å². The van der Waals surface area contributed by atoms with Gasteiger partial charge in [-0.05, 0) is 80.9 Å². The van der Waals surface area contributed by atoms with Crippen LogP contribution in [0.1, 0.15) is 0 Å². The molecule has 0 saturated heterocycles. The van der Waals surface area contributed by atoms with Crippen molar-refractivity contribution in [2.24, 2.45) is 0 Å². The van der Waals surface area contributed by atoms with Crippen LogP contribution in [0, 0.1) is 0 Å². The minimum Gasteiger partial charge on any atom is -0.309 e. The van der Waals surface area contributed by atoms with Crippen LogP contribution in [0.25, 0.3) is 72.0 Å². The molecule has 0 amide bonds. The summed E-state index contributed by atoms with van der Waals surface area (Å²) in [5.74, 6) is 0. The van der Waals surface area contributed by atoms with Gasteiger partial charge in [-0.1, -0.05) is 149 Å². The number of halogens is 1. The van der Waals surface area contributed by atoms with Crippen molar-refractivity contribution in [3.8, 4) is 50.2 Å². The SMILES string of the molecule is Brc1ccc(-c2ccccc2-c2ccc3c4ccccc4n(-c4ccc(-c5ccccc5)c(-c5ccccc5)c4)c3c2)cc1. The second-order valence-corrected chi connectivity index (χ2v) is 12.0. The van der Waals surface area contributed by atoms with E-state index >= 15 is 0 Å². The summed E-state index contributed by atoms with van der Waals surface area (Å²) in [4.78, 5) is 0. The quantitative estimate of drug-likeness (QED) is 0.179. The van der Waals surface area contributed by atoms with Gasteiger partial charge in [0.25, 0.3) is 0 Å². The van der Waals surface area contributed by atoms with E-state index in [2.05, 4.69) is 190 Å². The lowest BCUT2D eigenvalue weighted by Gasteiger charge is -2.16. The van der Waals surface area contributed by atoms with Crippen molar-refractivity contribution in [3.63, 3.8) is 0 Å². The lowest BCUT2D eigenvalue weighted by molar-refractivity contribution is 1.18. The van der Waals surface area contributed by atoms with E-state index in [0.717, 1.165) is 10.2 Å². The molecule has 8 aromatic rings. The molecule has 0 bridgehead atoms. The predicted molar refractivity (Wildman–Crippen MR) is 190 cm³/mol. The standard InChI is InChI=1S/C42H28BrN/c43-33-22-19-31(20-23-33)35-15-7-8-16-36(35)32-21-25-39-38-17-9-10-18-41(38)44(42(39)27-32)34-24-26-37(29-11-3-1-4-12-29)40(28-34)30-13-5-2-6-14-30/h1-28H. The molecule has 0 aliphatic carbocycles. The van der Waals surface area contributed by atoms with Gasteiger partial charge < -0.3 is 4.57 Å². The highest BCUT2D eigenvalue weighted by Crippen LogP contribution is 2.40. The van der Waals surface area contributed by atoms with Gasteiger partial charge in [0.05, 0.1) is 11.0 Å². The van der Waals surface area contributed by atoms with Gasteiger partial charge in [0.15, 0.2) is 0 Å². The van der Waals surface area contributed by atoms with Crippen molar-refractivity contribution >= 4 is 37.7 Å². The van der Waals surface area contributed by atoms with Crippen LogP contribution in [0.15, 0.2) is 174 Å². The van der Waals surface area contributed by atoms with Crippen molar-refractivity contribution in [3.05, 3.63) is 174 Å². The van der Waals surface area contributed by atoms with Crippen LogP contribution >= 0.6 is 15.9 Å². The molecule has 1 aromatic heterocycles. The number of rotatable bonds is 5. The van der Waals surface area contributed by atoms with Crippen LogP contribution in [-0.2, 0) is 0 Å². The summed E-state index contributed by atoms with van der Waals surface area (Å²) in [6, 6.07) is 61.2. The highest BCUT2D eigenvalue weighted by atomic mass is 79.9. The third kappa shape index (κ3) is 4.65. The number of aromatic nitrogens is 1. The maximum Gasteiger partial charge on any atom is 0.0547 e. The van der Waals surface area contributed by atoms with Gasteiger partial charge in [0, 0.05) is 20.9 Å². The number of para-hydroxylation sites is 1. The fraction of sp³-hybridized carbons (Fsp3) is 0. The second-order valence-electron chi connectivity index (χ2n) is 11.1. The first-order valence-corrected chi connectivity index (χ1v) is 15.7. The Morgan fingerprint density at radius 1 is 0.341 bits per heavy atom. The average Bonchev–Trinajstić information content (AvgIpc) is 3.43. The summed E-state index contributed by atoms with van der Waals surface area (Å²) in [6.45, 7) is 0. The fourth-order valence-corrected chi connectivity index (χ4v) is 6.69. The minimum atomic E-state index is 1.08. The lowest BCUT2D eigenvalue weighted by atomic mass is 9.93. The topological polar surface area (TPSA) is 4.93 Å². The first-order chi connectivity index (χ1) is 21.7. The minimum absolute atomic E-state index is 1.08. The fourth-order valence-electron chi connectivity index (χ4n) is 6.43. The molecule has 0 atom stereocenters. The first-order valence-electron chi connectivity index (χ1n) is 14.9. The first kappa shape index (κ1) is 26.4. The summed E-state index contributed by atoms with van der Waals surface area (Å²) in [6.07, 6.45) is 0. The number of hydrogen-bond donors (Lipinski definition) is 0. The highest BCUT2D eigenvalue weighted by Gasteiger charge is 2.17. The molecule has 0 saturated carbocycles. The molecule has 0 aliphatic heterocycles. The second kappa shape index (κ2) is 11.1. The van der Waals surface area contributed by atoms with E-state index < -0.39 is 0 Å². The number of hydrogen-bond acceptors (Lipinski definition) is 0. The molecule has 0 N–H and O–H groups in total. The molecular formula is C42H28BrN. The van der Waals surface area contributed by atoms with Gasteiger partial charge in [-0.3, -0.25) is 0 Å². The molecule has 1 nitrogen and oxygen atoms in total. The Hall–Kier alpha value is -5.18. The smallest absolute Gasteiger partial charge is 0.0547 e. The lowest BCUT2D eigenvalue weighted by Crippen LogP contribution is -1.96. The Morgan fingerprint density at radius 2 is 0.864 bits per heavy atom. The molecule has 208 valence electrons. The Kier molecular flexibility index (Phi) is 6.70. The van der Waals surface area contributed by atoms with Crippen molar-refractivity contribution in [2.45, 2.75) is 0 Å². The van der Waals surface area contributed by atoms with Crippen molar-refractivity contribution < 1.29 is 0 Å². The number of benzene rings is 7. The zero-order valence-corrected chi connectivity index (χ0v) is 25.6. The average molecular weight is 627 g/mol. The van der Waals surface area contributed by atoms with Crippen LogP contribution in [0.4, 0.5) is 0 Å². The van der Waals surface area contributed by atoms with Crippen molar-refractivity contribution in [1.82, 2.24) is 4.57 Å². The van der Waals surface area contributed by atoms with E-state index in [9.17, 15) is 0 Å². The Morgan fingerprint density at radius 3 is 1.59 bits per heavy atom. The van der Waals surface area contributed by atoms with Gasteiger partial charge in [-0.25, -0.2) is 0 Å². The van der Waals surface area contributed by atoms with E-state index in [0.29, 0.717) is 0 Å². The molecule has 0 unspecified atom stereocenters. The maximum atomic E-state index is 3.59. The molecule has 8 rings (SSSR count). The monoisotopic (exact) mass is 625 g/mol. The number of fused-ring (bicyclic) bond motifs is 3. The molecule has 7 aromatic carbocycles. The number of nitrogens with zero attached hydrogens (tertiary/aromatic N) is 1. The molecule has 1 heterocycles. The summed E-state index contributed by atoms with van der Waals surface area (Å²) >= 11 is 3.59. The zero-order chi connectivity index (χ0) is 29.5. The van der Waals surface area contributed by atoms with Gasteiger partial charge in [-0.2, -0.15) is 0 Å². The van der Waals surface area contributed by atoms with Crippen molar-refractivity contribution in [1.29, 1.82) is 0 Å². The summed E-state index contributed by atoms with van der Waals surface area (Å²) < 4.78 is 3.51. The van der Waals surface area contributed by atoms with E-state index in [-0.39, 0.29) is 0 Å². The summed E-state index contributed by atoms with van der Waals surface area (Å²) in [5, 5.41) is 2.50. The van der Waals surface area contributed by atoms with Crippen LogP contribution in [0.5, 0.6) is 0 Å². The Bertz CT molecular complexity index is 2260. The molecule has 44 heavy (non-hydrogen) atoms. The zero-order valence-electron chi connectivity index (χ0n) is 24.0. The van der Waals surface area contributed by atoms with Crippen LogP contribution < -0.4 is 0 Å². The van der Waals surface area contributed by atoms with Gasteiger partial charge in [0.1, 0.15) is 0 Å². The third-order valence-corrected chi connectivity index (χ3v) is 9.03. The predicted octanol–water partition coefficient (Wildman–Crippen LogP) is 12.2. The Balaban J connectivity index is 1.37. The van der Waals surface area contributed by atoms with E-state index in [1.165, 1.54) is 66.3 Å². The van der Waals surface area contributed by atoms with Crippen LogP contribution in [0.2, 0.25) is 0 Å².